The molecule has 0 bridgehead atoms. The number of ether oxygens (including phenoxy) is 1. The Hall–Kier alpha value is -1.44. The lowest BCUT2D eigenvalue weighted by Gasteiger charge is -2.30. The first-order valence-electron chi connectivity index (χ1n) is 6.57. The fraction of sp³-hybridized carbons (Fsp3) is 0.538. The first-order chi connectivity index (χ1) is 9.63. The molecule has 2 N–H and O–H groups in total. The fourth-order valence-electron chi connectivity index (χ4n) is 2.03. The van der Waals surface area contributed by atoms with Crippen molar-refractivity contribution in [1.82, 2.24) is 15.5 Å². The molecule has 0 saturated carbocycles. The molecule has 0 unspecified atom stereocenters. The van der Waals surface area contributed by atoms with Gasteiger partial charge in [-0.1, -0.05) is 6.07 Å². The summed E-state index contributed by atoms with van der Waals surface area (Å²) in [6.07, 6.45) is 0.129. The lowest BCUT2D eigenvalue weighted by molar-refractivity contribution is -0.122. The van der Waals surface area contributed by atoms with Crippen LogP contribution in [0.1, 0.15) is 11.8 Å². The molecule has 1 fully saturated rings. The van der Waals surface area contributed by atoms with E-state index in [4.69, 9.17) is 4.74 Å². The first-order valence-corrected chi connectivity index (χ1v) is 7.45. The Morgan fingerprint density at radius 2 is 2.40 bits per heavy atom. The predicted molar refractivity (Wildman–Crippen MR) is 76.6 cm³/mol. The van der Waals surface area contributed by atoms with Gasteiger partial charge in [0.25, 0.3) is 0 Å². The summed E-state index contributed by atoms with van der Waals surface area (Å²) in [6.45, 7) is 4.68. The van der Waals surface area contributed by atoms with Crippen molar-refractivity contribution in [3.05, 3.63) is 22.4 Å². The molecule has 1 aliphatic rings. The van der Waals surface area contributed by atoms with Crippen molar-refractivity contribution in [3.8, 4) is 0 Å². The summed E-state index contributed by atoms with van der Waals surface area (Å²) in [4.78, 5) is 26.3. The second-order valence-corrected chi connectivity index (χ2v) is 5.76. The number of rotatable bonds is 4. The third kappa shape index (κ3) is 4.92. The molecular weight excluding hydrogens is 278 g/mol. The summed E-state index contributed by atoms with van der Waals surface area (Å²) in [5.41, 5.74) is 0. The molecule has 20 heavy (non-hydrogen) atoms. The number of hydrogen-bond donors (Lipinski definition) is 2. The Bertz CT molecular complexity index is 450. The predicted octanol–water partition coefficient (Wildman–Crippen LogP) is 0.795. The van der Waals surface area contributed by atoms with E-state index in [9.17, 15) is 9.59 Å². The molecule has 2 heterocycles. The van der Waals surface area contributed by atoms with Crippen molar-refractivity contribution < 1.29 is 14.3 Å². The largest absolute Gasteiger partial charge is 0.376 e. The Morgan fingerprint density at radius 3 is 3.10 bits per heavy atom. The average Bonchev–Trinajstić information content (AvgIpc) is 2.89. The van der Waals surface area contributed by atoms with E-state index in [1.165, 1.54) is 0 Å². The SMILES string of the molecule is C[C@H]1CN(CC(=O)NC(=O)NCc2cccs2)CCO1. The number of morpholine rings is 1. The molecule has 6 nitrogen and oxygen atoms in total. The van der Waals surface area contributed by atoms with Crippen LogP contribution in [0, 0.1) is 0 Å². The van der Waals surface area contributed by atoms with Crippen LogP contribution in [0.5, 0.6) is 0 Å². The topological polar surface area (TPSA) is 70.7 Å². The van der Waals surface area contributed by atoms with Crippen LogP contribution in [0.4, 0.5) is 4.79 Å². The van der Waals surface area contributed by atoms with Gasteiger partial charge in [-0.2, -0.15) is 0 Å². The molecule has 0 spiro atoms. The van der Waals surface area contributed by atoms with E-state index in [1.807, 2.05) is 29.3 Å². The Balaban J connectivity index is 1.67. The van der Waals surface area contributed by atoms with E-state index in [0.29, 0.717) is 26.2 Å². The number of urea groups is 1. The first kappa shape index (κ1) is 15.0. The monoisotopic (exact) mass is 297 g/mol. The third-order valence-electron chi connectivity index (χ3n) is 2.95. The zero-order valence-corrected chi connectivity index (χ0v) is 12.2. The van der Waals surface area contributed by atoms with Gasteiger partial charge in [0, 0.05) is 18.0 Å². The zero-order chi connectivity index (χ0) is 14.4. The molecule has 2 rings (SSSR count). The number of thiophene rings is 1. The van der Waals surface area contributed by atoms with Gasteiger partial charge in [0.05, 0.1) is 25.8 Å². The molecule has 0 aliphatic carbocycles. The minimum absolute atomic E-state index is 0.129. The van der Waals surface area contributed by atoms with Crippen molar-refractivity contribution in [2.75, 3.05) is 26.2 Å². The van der Waals surface area contributed by atoms with Gasteiger partial charge in [0.2, 0.25) is 5.91 Å². The van der Waals surface area contributed by atoms with Crippen molar-refractivity contribution in [2.45, 2.75) is 19.6 Å². The number of amides is 3. The number of carbonyl (C=O) groups excluding carboxylic acids is 2. The molecule has 1 saturated heterocycles. The van der Waals surface area contributed by atoms with Crippen LogP contribution < -0.4 is 10.6 Å². The molecule has 7 heteroatoms. The molecule has 0 radical (unpaired) electrons. The summed E-state index contributed by atoms with van der Waals surface area (Å²) in [6, 6.07) is 3.40. The van der Waals surface area contributed by atoms with Crippen LogP contribution in [0.3, 0.4) is 0 Å². The number of nitrogens with one attached hydrogen (secondary N) is 2. The van der Waals surface area contributed by atoms with Crippen LogP contribution in [0.2, 0.25) is 0 Å². The second kappa shape index (κ2) is 7.37. The van der Waals surface area contributed by atoms with Crippen LogP contribution in [-0.4, -0.2) is 49.2 Å². The zero-order valence-electron chi connectivity index (χ0n) is 11.4. The molecule has 1 aliphatic heterocycles. The summed E-state index contributed by atoms with van der Waals surface area (Å²) in [7, 11) is 0. The summed E-state index contributed by atoms with van der Waals surface area (Å²) in [5.74, 6) is -0.289. The minimum Gasteiger partial charge on any atom is -0.376 e. The van der Waals surface area contributed by atoms with Crippen molar-refractivity contribution in [2.24, 2.45) is 0 Å². The molecule has 110 valence electrons. The Labute approximate surface area is 122 Å². The van der Waals surface area contributed by atoms with Crippen molar-refractivity contribution in [3.63, 3.8) is 0 Å². The molecule has 3 amide bonds. The number of nitrogens with zero attached hydrogens (tertiary/aromatic N) is 1. The number of hydrogen-bond acceptors (Lipinski definition) is 5. The highest BCUT2D eigenvalue weighted by atomic mass is 32.1. The van der Waals surface area contributed by atoms with Gasteiger partial charge < -0.3 is 10.1 Å². The van der Waals surface area contributed by atoms with E-state index in [2.05, 4.69) is 10.6 Å². The average molecular weight is 297 g/mol. The molecule has 1 aromatic rings. The van der Waals surface area contributed by atoms with E-state index >= 15 is 0 Å². The minimum atomic E-state index is -0.454. The Morgan fingerprint density at radius 1 is 1.55 bits per heavy atom. The summed E-state index contributed by atoms with van der Waals surface area (Å²) >= 11 is 1.56. The summed E-state index contributed by atoms with van der Waals surface area (Å²) < 4.78 is 5.40. The molecule has 1 atom stereocenters. The normalized spacial score (nSPS) is 19.6. The molecule has 1 aromatic heterocycles. The summed E-state index contributed by atoms with van der Waals surface area (Å²) in [5, 5.41) is 6.94. The maximum Gasteiger partial charge on any atom is 0.321 e. The van der Waals surface area contributed by atoms with Crippen LogP contribution >= 0.6 is 11.3 Å². The van der Waals surface area contributed by atoms with Crippen LogP contribution in [0.25, 0.3) is 0 Å². The van der Waals surface area contributed by atoms with Crippen molar-refractivity contribution >= 4 is 23.3 Å². The van der Waals surface area contributed by atoms with E-state index < -0.39 is 6.03 Å². The standard InChI is InChI=1S/C13H19N3O3S/c1-10-8-16(4-5-19-10)9-12(17)15-13(18)14-7-11-3-2-6-20-11/h2-3,6,10H,4-5,7-9H2,1H3,(H2,14,15,17,18)/t10-/m0/s1. The lowest BCUT2D eigenvalue weighted by atomic mass is 10.3. The second-order valence-electron chi connectivity index (χ2n) is 4.73. The molecule has 0 aromatic carbocycles. The fourth-order valence-corrected chi connectivity index (χ4v) is 2.67. The highest BCUT2D eigenvalue weighted by molar-refractivity contribution is 7.09. The quantitative estimate of drug-likeness (QED) is 0.862. The van der Waals surface area contributed by atoms with Gasteiger partial charge in [-0.25, -0.2) is 4.79 Å². The lowest BCUT2D eigenvalue weighted by Crippen LogP contribution is -2.48. The van der Waals surface area contributed by atoms with Gasteiger partial charge in [0.1, 0.15) is 0 Å². The van der Waals surface area contributed by atoms with Crippen LogP contribution in [0.15, 0.2) is 17.5 Å². The highest BCUT2D eigenvalue weighted by Crippen LogP contribution is 2.07. The van der Waals surface area contributed by atoms with Gasteiger partial charge in [0.15, 0.2) is 0 Å². The Kier molecular flexibility index (Phi) is 5.51. The van der Waals surface area contributed by atoms with E-state index in [0.717, 1.165) is 4.88 Å². The highest BCUT2D eigenvalue weighted by Gasteiger charge is 2.19. The van der Waals surface area contributed by atoms with Crippen LogP contribution in [-0.2, 0) is 16.1 Å². The maximum absolute atomic E-state index is 11.7. The molecular formula is C13H19N3O3S. The number of imide groups is 1. The third-order valence-corrected chi connectivity index (χ3v) is 3.83. The van der Waals surface area contributed by atoms with Gasteiger partial charge in [-0.15, -0.1) is 11.3 Å². The number of carbonyl (C=O) groups is 2. The maximum atomic E-state index is 11.7. The van der Waals surface area contributed by atoms with Crippen molar-refractivity contribution in [1.29, 1.82) is 0 Å². The smallest absolute Gasteiger partial charge is 0.321 e. The van der Waals surface area contributed by atoms with Gasteiger partial charge in [-0.3, -0.25) is 15.0 Å². The van der Waals surface area contributed by atoms with Gasteiger partial charge in [-0.05, 0) is 18.4 Å². The van der Waals surface area contributed by atoms with Gasteiger partial charge >= 0.3 is 6.03 Å². The van der Waals surface area contributed by atoms with E-state index in [-0.39, 0.29) is 18.6 Å². The van der Waals surface area contributed by atoms with E-state index in [1.54, 1.807) is 11.3 Å².